The van der Waals surface area contributed by atoms with Crippen LogP contribution in [0.3, 0.4) is 0 Å². The molecular formula is C29H25N5O. The summed E-state index contributed by atoms with van der Waals surface area (Å²) in [5.74, 6) is 0.196. The second-order valence-electron chi connectivity index (χ2n) is 8.54. The zero-order valence-corrected chi connectivity index (χ0v) is 19.5. The van der Waals surface area contributed by atoms with Crippen molar-refractivity contribution in [1.29, 1.82) is 0 Å². The largest absolute Gasteiger partial charge is 0.398 e. The van der Waals surface area contributed by atoms with Crippen LogP contribution in [0.25, 0.3) is 22.2 Å². The minimum absolute atomic E-state index is 0.257. The van der Waals surface area contributed by atoms with E-state index in [1.54, 1.807) is 18.2 Å². The van der Waals surface area contributed by atoms with E-state index in [9.17, 15) is 4.79 Å². The highest BCUT2D eigenvalue weighted by Crippen LogP contribution is 2.29. The second kappa shape index (κ2) is 9.27. The van der Waals surface area contributed by atoms with E-state index in [1.165, 1.54) is 0 Å². The minimum atomic E-state index is -0.257. The Bertz CT molecular complexity index is 1530. The summed E-state index contributed by atoms with van der Waals surface area (Å²) in [6.07, 6.45) is 0. The molecule has 0 saturated heterocycles. The molecule has 0 aliphatic heterocycles. The van der Waals surface area contributed by atoms with Gasteiger partial charge in [-0.15, -0.1) is 0 Å². The first-order valence-electron chi connectivity index (χ1n) is 11.3. The van der Waals surface area contributed by atoms with Crippen LogP contribution in [0.15, 0.2) is 91.0 Å². The second-order valence-corrected chi connectivity index (χ2v) is 8.54. The number of anilines is 4. The lowest BCUT2D eigenvalue weighted by atomic mass is 10.1. The van der Waals surface area contributed by atoms with Crippen LogP contribution in [0.4, 0.5) is 23.0 Å². The van der Waals surface area contributed by atoms with Crippen molar-refractivity contribution in [3.63, 3.8) is 0 Å². The molecule has 0 saturated carbocycles. The number of hydrogen-bond donors (Lipinski definition) is 3. The van der Waals surface area contributed by atoms with E-state index in [-0.39, 0.29) is 5.91 Å². The molecular weight excluding hydrogens is 434 g/mol. The summed E-state index contributed by atoms with van der Waals surface area (Å²) in [6.45, 7) is 3.99. The number of hydrogen-bond acceptors (Lipinski definition) is 5. The van der Waals surface area contributed by atoms with Crippen molar-refractivity contribution in [2.45, 2.75) is 13.8 Å². The third-order valence-electron chi connectivity index (χ3n) is 5.68. The molecule has 1 amide bonds. The number of aryl methyl sites for hydroxylation is 2. The number of carbonyl (C=O) groups excluding carboxylic acids is 1. The van der Waals surface area contributed by atoms with E-state index >= 15 is 0 Å². The number of nitrogens with two attached hydrogens (primary N) is 1. The van der Waals surface area contributed by atoms with Crippen molar-refractivity contribution >= 4 is 39.8 Å². The predicted molar refractivity (Wildman–Crippen MR) is 143 cm³/mol. The number of para-hydroxylation sites is 1. The van der Waals surface area contributed by atoms with E-state index in [1.807, 2.05) is 80.6 Å². The van der Waals surface area contributed by atoms with E-state index < -0.39 is 0 Å². The van der Waals surface area contributed by atoms with Crippen molar-refractivity contribution < 1.29 is 4.79 Å². The molecule has 5 aromatic rings. The van der Waals surface area contributed by atoms with Gasteiger partial charge in [0.1, 0.15) is 0 Å². The molecule has 35 heavy (non-hydrogen) atoms. The van der Waals surface area contributed by atoms with Crippen molar-refractivity contribution in [3.05, 3.63) is 108 Å². The number of amides is 1. The van der Waals surface area contributed by atoms with Crippen molar-refractivity contribution in [2.24, 2.45) is 0 Å². The number of carbonyl (C=O) groups is 1. The van der Waals surface area contributed by atoms with E-state index in [0.717, 1.165) is 39.0 Å². The van der Waals surface area contributed by atoms with Crippen LogP contribution in [0, 0.1) is 13.8 Å². The molecule has 0 aliphatic rings. The minimum Gasteiger partial charge on any atom is -0.398 e. The Kier molecular flexibility index (Phi) is 5.85. The number of fused-ring (bicyclic) bond motifs is 1. The van der Waals surface area contributed by atoms with E-state index in [4.69, 9.17) is 10.7 Å². The lowest BCUT2D eigenvalue weighted by Gasteiger charge is -2.13. The molecule has 6 heteroatoms. The topological polar surface area (TPSA) is 92.9 Å². The van der Waals surface area contributed by atoms with Gasteiger partial charge in [-0.1, -0.05) is 54.6 Å². The first-order valence-corrected chi connectivity index (χ1v) is 11.3. The number of nitrogen functional groups attached to an aromatic ring is 1. The highest BCUT2D eigenvalue weighted by Gasteiger charge is 2.13. The Labute approximate surface area is 203 Å². The van der Waals surface area contributed by atoms with Gasteiger partial charge in [-0.3, -0.25) is 4.79 Å². The molecule has 0 spiro atoms. The van der Waals surface area contributed by atoms with Crippen LogP contribution >= 0.6 is 0 Å². The average molecular weight is 460 g/mol. The zero-order chi connectivity index (χ0) is 24.4. The number of nitrogens with zero attached hydrogens (tertiary/aromatic N) is 2. The van der Waals surface area contributed by atoms with Crippen LogP contribution in [0.2, 0.25) is 0 Å². The number of benzene rings is 4. The molecule has 0 fully saturated rings. The van der Waals surface area contributed by atoms with E-state index in [2.05, 4.69) is 21.7 Å². The molecule has 0 atom stereocenters. The molecule has 0 radical (unpaired) electrons. The summed E-state index contributed by atoms with van der Waals surface area (Å²) < 4.78 is 0. The fourth-order valence-corrected chi connectivity index (χ4v) is 4.17. The van der Waals surface area contributed by atoms with Gasteiger partial charge >= 0.3 is 0 Å². The molecule has 5 rings (SSSR count). The van der Waals surface area contributed by atoms with E-state index in [0.29, 0.717) is 22.9 Å². The Morgan fingerprint density at radius 1 is 0.771 bits per heavy atom. The quantitative estimate of drug-likeness (QED) is 0.261. The summed E-state index contributed by atoms with van der Waals surface area (Å²) in [5, 5.41) is 7.15. The van der Waals surface area contributed by atoms with Crippen LogP contribution in [0.5, 0.6) is 0 Å². The third-order valence-corrected chi connectivity index (χ3v) is 5.68. The molecule has 1 heterocycles. The van der Waals surface area contributed by atoms with Gasteiger partial charge in [-0.25, -0.2) is 9.97 Å². The highest BCUT2D eigenvalue weighted by molar-refractivity contribution is 6.08. The predicted octanol–water partition coefficient (Wildman–Crippen LogP) is 6.49. The standard InChI is InChI=1S/C29H25N5O/c1-18-14-19(2)16-22(15-18)31-28(35)23-13-12-21(17-25(23)30)32-29-33-26-11-7-6-10-24(26)27(34-29)20-8-4-3-5-9-20/h3-17H,30H2,1-2H3,(H,31,35)(H,32,33,34). The third kappa shape index (κ3) is 4.82. The molecule has 1 aromatic heterocycles. The smallest absolute Gasteiger partial charge is 0.257 e. The van der Waals surface area contributed by atoms with Crippen molar-refractivity contribution in [1.82, 2.24) is 9.97 Å². The molecule has 0 aliphatic carbocycles. The monoisotopic (exact) mass is 459 g/mol. The summed E-state index contributed by atoms with van der Waals surface area (Å²) >= 11 is 0. The Morgan fingerprint density at radius 3 is 2.23 bits per heavy atom. The Hall–Kier alpha value is -4.71. The molecule has 0 unspecified atom stereocenters. The lowest BCUT2D eigenvalue weighted by molar-refractivity contribution is 0.102. The van der Waals surface area contributed by atoms with Crippen molar-refractivity contribution in [3.8, 4) is 11.3 Å². The fourth-order valence-electron chi connectivity index (χ4n) is 4.17. The molecule has 6 nitrogen and oxygen atoms in total. The van der Waals surface area contributed by atoms with Crippen LogP contribution in [-0.4, -0.2) is 15.9 Å². The zero-order valence-electron chi connectivity index (χ0n) is 19.5. The SMILES string of the molecule is Cc1cc(C)cc(NC(=O)c2ccc(Nc3nc(-c4ccccc4)c4ccccc4n3)cc2N)c1. The molecule has 4 N–H and O–H groups in total. The number of nitrogens with one attached hydrogen (secondary N) is 2. The maximum atomic E-state index is 12.8. The number of rotatable bonds is 5. The van der Waals surface area contributed by atoms with Crippen molar-refractivity contribution in [2.75, 3.05) is 16.4 Å². The Balaban J connectivity index is 1.42. The average Bonchev–Trinajstić information content (AvgIpc) is 2.83. The normalized spacial score (nSPS) is 10.8. The van der Waals surface area contributed by atoms with Crippen LogP contribution in [0.1, 0.15) is 21.5 Å². The summed E-state index contributed by atoms with van der Waals surface area (Å²) in [4.78, 5) is 22.3. The number of aromatic nitrogens is 2. The highest BCUT2D eigenvalue weighted by atomic mass is 16.1. The lowest BCUT2D eigenvalue weighted by Crippen LogP contribution is -2.14. The van der Waals surface area contributed by atoms with Crippen LogP contribution in [-0.2, 0) is 0 Å². The maximum Gasteiger partial charge on any atom is 0.257 e. The fraction of sp³-hybridized carbons (Fsp3) is 0.0690. The van der Waals surface area contributed by atoms with Crippen LogP contribution < -0.4 is 16.4 Å². The van der Waals surface area contributed by atoms with Gasteiger partial charge in [0.15, 0.2) is 0 Å². The summed E-state index contributed by atoms with van der Waals surface area (Å²) in [5.41, 5.74) is 13.3. The molecule has 172 valence electrons. The van der Waals surface area contributed by atoms with Gasteiger partial charge < -0.3 is 16.4 Å². The molecule has 4 aromatic carbocycles. The van der Waals surface area contributed by atoms with Gasteiger partial charge in [0, 0.05) is 28.0 Å². The first-order chi connectivity index (χ1) is 17.0. The van der Waals surface area contributed by atoms with Gasteiger partial charge in [-0.05, 0) is 61.4 Å². The van der Waals surface area contributed by atoms with Gasteiger partial charge in [-0.2, -0.15) is 0 Å². The Morgan fingerprint density at radius 2 is 1.49 bits per heavy atom. The summed E-state index contributed by atoms with van der Waals surface area (Å²) in [6, 6.07) is 29.1. The summed E-state index contributed by atoms with van der Waals surface area (Å²) in [7, 11) is 0. The van der Waals surface area contributed by atoms with Gasteiger partial charge in [0.05, 0.1) is 16.8 Å². The molecule has 0 bridgehead atoms. The van der Waals surface area contributed by atoms with Gasteiger partial charge in [0.2, 0.25) is 5.95 Å². The first kappa shape index (κ1) is 22.1. The maximum absolute atomic E-state index is 12.8. The van der Waals surface area contributed by atoms with Gasteiger partial charge in [0.25, 0.3) is 5.91 Å².